The predicted molar refractivity (Wildman–Crippen MR) is 278 cm³/mol. The quantitative estimate of drug-likeness (QED) is 0.124. The smallest absolute Gasteiger partial charge is 0.309 e. The number of cyclic esters (lactones) is 1. The standard InChI is InChI=1S/C53H89FN6O15S/c1-15-41-53(10,67)46(63)33(6)59(12)26-29(2)23-51(8,66)48(31(4)43(32(5)49(65)74-41)40-24-52(9,71-14)47(64)34(7)73-40)75-50-44(62)38(22-30(3)72-50)58(11)21-20-36-27-60(57-56-36)39(25-54)45(70-13)35-16-18-37(19-17-35)76(68,69)28-42(55)61/h16-19,27,29-34,38-41,43-48,50,62-64,66-67H,15,20-26,28H2,1-14H3,(H2,55,61)/t29-,30-,31+,32-,33-,34+,38+,39-,40?,41-,43+,44-,45-,46-,47+,48-,50+,51-,52-,53-/m1/s1. The number of carbonyl (C=O) groups excluding carboxylic acids is 2. The van der Waals surface area contributed by atoms with Crippen LogP contribution in [-0.2, 0) is 54.3 Å². The molecule has 5 rings (SSSR count). The highest BCUT2D eigenvalue weighted by Crippen LogP contribution is 2.45. The summed E-state index contributed by atoms with van der Waals surface area (Å²) >= 11 is 0. The molecule has 1 unspecified atom stereocenters. The van der Waals surface area contributed by atoms with Gasteiger partial charge in [-0.3, -0.25) is 9.59 Å². The summed E-state index contributed by atoms with van der Waals surface area (Å²) in [5.74, 6) is -5.25. The van der Waals surface area contributed by atoms with Gasteiger partial charge in [-0.05, 0) is 104 Å². The number of benzene rings is 1. The Labute approximate surface area is 448 Å². The Morgan fingerprint density at radius 2 is 1.66 bits per heavy atom. The van der Waals surface area contributed by atoms with E-state index < -0.39 is 148 Å². The zero-order valence-electron chi connectivity index (χ0n) is 47.0. The van der Waals surface area contributed by atoms with Gasteiger partial charge in [0.05, 0.1) is 52.1 Å². The number of methoxy groups -OCH3 is 2. The van der Waals surface area contributed by atoms with Gasteiger partial charge in [-0.15, -0.1) is 5.10 Å². The largest absolute Gasteiger partial charge is 0.459 e. The molecular formula is C53H89FN6O15S. The fourth-order valence-electron chi connectivity index (χ4n) is 12.2. The van der Waals surface area contributed by atoms with Crippen molar-refractivity contribution in [3.63, 3.8) is 0 Å². The van der Waals surface area contributed by atoms with Gasteiger partial charge >= 0.3 is 5.97 Å². The lowest BCUT2D eigenvalue weighted by Crippen LogP contribution is -2.62. The summed E-state index contributed by atoms with van der Waals surface area (Å²) in [4.78, 5) is 29.7. The van der Waals surface area contributed by atoms with E-state index in [0.717, 1.165) is 0 Å². The van der Waals surface area contributed by atoms with E-state index in [-0.39, 0.29) is 30.1 Å². The summed E-state index contributed by atoms with van der Waals surface area (Å²) in [5, 5.41) is 68.7. The minimum atomic E-state index is -3.97. The molecule has 1 amide bonds. The molecule has 0 saturated carbocycles. The number of ether oxygens (including phenoxy) is 6. The van der Waals surface area contributed by atoms with Crippen molar-refractivity contribution in [1.82, 2.24) is 24.8 Å². The Hall–Kier alpha value is -3.30. The second kappa shape index (κ2) is 25.9. The van der Waals surface area contributed by atoms with Crippen molar-refractivity contribution in [3.8, 4) is 0 Å². The van der Waals surface area contributed by atoms with Crippen molar-refractivity contribution >= 4 is 21.7 Å². The molecule has 3 aliphatic rings. The first kappa shape index (κ1) is 63.5. The molecule has 3 aliphatic heterocycles. The number of sulfone groups is 1. The molecule has 0 radical (unpaired) electrons. The molecule has 21 nitrogen and oxygen atoms in total. The zero-order chi connectivity index (χ0) is 57.0. The maximum atomic E-state index is 14.9. The molecule has 1 aromatic carbocycles. The maximum absolute atomic E-state index is 14.9. The predicted octanol–water partition coefficient (Wildman–Crippen LogP) is 2.54. The number of primary amides is 1. The number of esters is 1. The Kier molecular flexibility index (Phi) is 21.6. The number of aromatic nitrogens is 3. The molecule has 76 heavy (non-hydrogen) atoms. The van der Waals surface area contributed by atoms with E-state index in [1.807, 2.05) is 44.7 Å². The van der Waals surface area contributed by atoms with E-state index in [9.17, 15) is 47.9 Å². The third kappa shape index (κ3) is 14.4. The highest BCUT2D eigenvalue weighted by atomic mass is 32.2. The lowest BCUT2D eigenvalue weighted by atomic mass is 9.68. The summed E-state index contributed by atoms with van der Waals surface area (Å²) < 4.78 is 79.1. The Bertz CT molecular complexity index is 2310. The van der Waals surface area contributed by atoms with Crippen LogP contribution in [0.2, 0.25) is 0 Å². The van der Waals surface area contributed by atoms with Crippen LogP contribution in [0.1, 0.15) is 118 Å². The number of nitrogens with two attached hydrogens (primary N) is 1. The lowest BCUT2D eigenvalue weighted by molar-refractivity contribution is -0.302. The molecule has 20 atom stereocenters. The topological polar surface area (TPSA) is 288 Å². The SMILES string of the molecule is CC[C@H]1OC(=O)[C@H](C)[C@@H](C2C[C@@](C)(OC)[C@@H](O)[C@H](C)O2)[C@H](C)[C@@H](O[C@@H]2O[C@H](C)C[C@H](N(C)CCc3cn([C@H](CF)[C@H](OC)c4ccc(S(=O)(=O)CC(N)=O)cc4)nn3)[C@H]2O)[C@](C)(O)C[C@@H](C)CN(C)[C@H](C)[C@@H](O)[C@]1(C)O. The second-order valence-electron chi connectivity index (χ2n) is 22.9. The van der Waals surface area contributed by atoms with Crippen LogP contribution >= 0.6 is 0 Å². The Morgan fingerprint density at radius 3 is 2.24 bits per heavy atom. The average molecular weight is 1100 g/mol. The van der Waals surface area contributed by atoms with Crippen LogP contribution in [-0.4, -0.2) is 208 Å². The number of halogens is 1. The minimum absolute atomic E-state index is 0.119. The minimum Gasteiger partial charge on any atom is -0.459 e. The van der Waals surface area contributed by atoms with Gasteiger partial charge in [0.2, 0.25) is 5.91 Å². The molecule has 4 heterocycles. The van der Waals surface area contributed by atoms with Crippen LogP contribution in [0.4, 0.5) is 4.39 Å². The number of carbonyl (C=O) groups is 2. The van der Waals surface area contributed by atoms with E-state index in [2.05, 4.69) is 10.3 Å². The second-order valence-corrected chi connectivity index (χ2v) is 24.9. The van der Waals surface area contributed by atoms with Gasteiger partial charge in [-0.25, -0.2) is 17.5 Å². The summed E-state index contributed by atoms with van der Waals surface area (Å²) in [7, 11) is 2.60. The summed E-state index contributed by atoms with van der Waals surface area (Å²) in [6.07, 6.45) is -7.12. The van der Waals surface area contributed by atoms with Crippen LogP contribution in [0.25, 0.3) is 0 Å². The molecule has 23 heteroatoms. The number of rotatable bonds is 17. The summed E-state index contributed by atoms with van der Waals surface area (Å²) in [6, 6.07) is 3.45. The van der Waals surface area contributed by atoms with Gasteiger partial charge in [0, 0.05) is 64.3 Å². The Morgan fingerprint density at radius 1 is 1.01 bits per heavy atom. The van der Waals surface area contributed by atoms with Gasteiger partial charge in [0.25, 0.3) is 0 Å². The molecular weight excluding hydrogens is 1010 g/mol. The van der Waals surface area contributed by atoms with Crippen LogP contribution in [0.15, 0.2) is 35.4 Å². The van der Waals surface area contributed by atoms with E-state index in [1.54, 1.807) is 47.7 Å². The molecule has 3 fully saturated rings. The van der Waals surface area contributed by atoms with E-state index >= 15 is 0 Å². The molecule has 1 aromatic heterocycles. The van der Waals surface area contributed by atoms with Crippen LogP contribution < -0.4 is 5.73 Å². The van der Waals surface area contributed by atoms with Crippen molar-refractivity contribution in [2.75, 3.05) is 53.8 Å². The lowest BCUT2D eigenvalue weighted by Gasteiger charge is -2.51. The number of amides is 1. The molecule has 0 aliphatic carbocycles. The summed E-state index contributed by atoms with van der Waals surface area (Å²) in [5.41, 5.74) is 1.49. The van der Waals surface area contributed by atoms with Crippen molar-refractivity contribution in [2.24, 2.45) is 29.4 Å². The maximum Gasteiger partial charge on any atom is 0.309 e. The first-order valence-corrected chi connectivity index (χ1v) is 28.2. The first-order chi connectivity index (χ1) is 35.4. The van der Waals surface area contributed by atoms with E-state index in [1.165, 1.54) is 50.1 Å². The normalized spacial score (nSPS) is 38.7. The van der Waals surface area contributed by atoms with E-state index in [4.69, 9.17) is 34.2 Å². The number of hydrogen-bond donors (Lipinski definition) is 6. The van der Waals surface area contributed by atoms with Gasteiger partial charge < -0.3 is 69.5 Å². The zero-order valence-corrected chi connectivity index (χ0v) is 47.8. The third-order valence-electron chi connectivity index (χ3n) is 16.7. The highest BCUT2D eigenvalue weighted by Gasteiger charge is 2.55. The number of hydrogen-bond acceptors (Lipinski definition) is 19. The monoisotopic (exact) mass is 1100 g/mol. The molecule has 434 valence electrons. The molecule has 0 spiro atoms. The Balaban J connectivity index is 1.44. The highest BCUT2D eigenvalue weighted by molar-refractivity contribution is 7.92. The van der Waals surface area contributed by atoms with Gasteiger partial charge in [-0.2, -0.15) is 0 Å². The molecule has 2 aromatic rings. The van der Waals surface area contributed by atoms with Crippen LogP contribution in [0.3, 0.4) is 0 Å². The number of aliphatic hydroxyl groups excluding tert-OH is 3. The van der Waals surface area contributed by atoms with Crippen LogP contribution in [0.5, 0.6) is 0 Å². The van der Waals surface area contributed by atoms with Crippen LogP contribution in [0, 0.1) is 23.7 Å². The van der Waals surface area contributed by atoms with Crippen molar-refractivity contribution < 1.29 is 76.4 Å². The number of alkyl halides is 1. The molecule has 3 saturated heterocycles. The van der Waals surface area contributed by atoms with Gasteiger partial charge in [-0.1, -0.05) is 45.0 Å². The fourth-order valence-corrected chi connectivity index (χ4v) is 13.3. The molecule has 0 bridgehead atoms. The fraction of sp³-hybridized carbons (Fsp3) is 0.811. The number of aliphatic hydroxyl groups is 5. The third-order valence-corrected chi connectivity index (χ3v) is 18.4. The van der Waals surface area contributed by atoms with Crippen molar-refractivity contribution in [3.05, 3.63) is 41.7 Å². The number of likely N-dealkylation sites (N-methyl/N-ethyl adjacent to an activating group) is 2. The summed E-state index contributed by atoms with van der Waals surface area (Å²) in [6.45, 7) is 17.4. The van der Waals surface area contributed by atoms with Gasteiger partial charge in [0.15, 0.2) is 16.1 Å². The number of nitrogens with zero attached hydrogens (tertiary/aromatic N) is 5. The van der Waals surface area contributed by atoms with E-state index in [0.29, 0.717) is 37.2 Å². The van der Waals surface area contributed by atoms with Gasteiger partial charge in [0.1, 0.15) is 54.6 Å². The van der Waals surface area contributed by atoms with Crippen molar-refractivity contribution in [2.45, 2.75) is 202 Å². The molecule has 7 N–H and O–H groups in total. The average Bonchev–Trinajstić information content (AvgIpc) is 3.82. The van der Waals surface area contributed by atoms with Crippen molar-refractivity contribution in [1.29, 1.82) is 0 Å². The first-order valence-electron chi connectivity index (χ1n) is 26.6.